The molecule has 11 N–H and O–H groups in total. The highest BCUT2D eigenvalue weighted by atomic mass is 32.3. The molecular weight excluding hydrogens is 1030 g/mol. The first-order chi connectivity index (χ1) is 31.2. The number of aromatic carboxylic acids is 1. The third-order valence-corrected chi connectivity index (χ3v) is 16.3. The van der Waals surface area contributed by atoms with Gasteiger partial charge >= 0.3 is 26.8 Å². The molecule has 0 amide bonds. The Kier molecular flexibility index (Phi) is 16.1. The Bertz CT molecular complexity index is 3400. The number of azo groups is 3. The van der Waals surface area contributed by atoms with Crippen LogP contribution >= 0.6 is 0 Å². The minimum atomic E-state index is -5.28. The number of carboxylic acid groups (broad SMARTS) is 1. The van der Waals surface area contributed by atoms with Gasteiger partial charge in [-0.15, -0.1) is 20.5 Å². The molecule has 0 fully saturated rings. The second-order valence-electron chi connectivity index (χ2n) is 13.5. The number of hydrogen-bond acceptors (Lipinski definition) is 25. The van der Waals surface area contributed by atoms with E-state index in [1.807, 2.05) is 0 Å². The summed E-state index contributed by atoms with van der Waals surface area (Å²) in [7, 11) is -28.3. The summed E-state index contributed by atoms with van der Waals surface area (Å²) >= 11 is 0. The van der Waals surface area contributed by atoms with E-state index in [2.05, 4.69) is 45.6 Å². The van der Waals surface area contributed by atoms with Crippen LogP contribution in [0.1, 0.15) is 10.4 Å². The molecule has 0 bridgehead atoms. The average molecular weight is 1070 g/mol. The summed E-state index contributed by atoms with van der Waals surface area (Å²) < 4.78 is 173. The number of rotatable bonds is 22. The van der Waals surface area contributed by atoms with Crippen molar-refractivity contribution in [1.29, 1.82) is 0 Å². The smallest absolute Gasteiger partial charge is 0.397 e. The maximum Gasteiger partial charge on any atom is 0.397 e. The predicted octanol–water partition coefficient (Wildman–Crippen LogP) is 3.35. The van der Waals surface area contributed by atoms with Crippen LogP contribution in [-0.4, -0.2) is 113 Å². The van der Waals surface area contributed by atoms with Crippen LogP contribution in [0.25, 0.3) is 0 Å². The molecule has 4 aromatic rings. The van der Waals surface area contributed by atoms with E-state index in [1.54, 1.807) is 0 Å². The van der Waals surface area contributed by atoms with E-state index in [9.17, 15) is 65.9 Å². The number of nitrogen functional groups attached to an aromatic ring is 2. The number of aliphatic hydroxyl groups is 1. The zero-order valence-electron chi connectivity index (χ0n) is 34.3. The van der Waals surface area contributed by atoms with Crippen molar-refractivity contribution in [1.82, 2.24) is 0 Å². The average Bonchev–Trinajstić information content (AvgIpc) is 3.21. The van der Waals surface area contributed by atoms with E-state index in [0.717, 1.165) is 66.9 Å². The van der Waals surface area contributed by atoms with Gasteiger partial charge in [-0.3, -0.25) is 13.7 Å². The molecule has 0 atom stereocenters. The predicted molar refractivity (Wildman–Crippen MR) is 238 cm³/mol. The third kappa shape index (κ3) is 13.9. The summed E-state index contributed by atoms with van der Waals surface area (Å²) in [6.07, 6.45) is 0.895. The van der Waals surface area contributed by atoms with Gasteiger partial charge in [-0.2, -0.15) is 39.7 Å². The van der Waals surface area contributed by atoms with E-state index >= 15 is 0 Å². The van der Waals surface area contributed by atoms with Crippen molar-refractivity contribution in [2.75, 3.05) is 48.4 Å². The van der Waals surface area contributed by atoms with Crippen LogP contribution in [0.15, 0.2) is 124 Å². The summed E-state index contributed by atoms with van der Waals surface area (Å²) in [5.74, 6) is -5.37. The Morgan fingerprint density at radius 2 is 1.07 bits per heavy atom. The number of carboxylic acids is 1. The molecule has 0 heterocycles. The van der Waals surface area contributed by atoms with Gasteiger partial charge in [0, 0.05) is 12.3 Å². The molecule has 4 rings (SSSR count). The summed E-state index contributed by atoms with van der Waals surface area (Å²) in [5.41, 5.74) is 12.7. The molecule has 0 saturated heterocycles. The molecule has 0 unspecified atom stereocenters. The summed E-state index contributed by atoms with van der Waals surface area (Å²) in [6.45, 7) is 1.46. The van der Waals surface area contributed by atoms with Gasteiger partial charge in [-0.25, -0.2) is 30.0 Å². The lowest BCUT2D eigenvalue weighted by atomic mass is 10.1. The second-order valence-corrected chi connectivity index (χ2v) is 25.1. The van der Waals surface area contributed by atoms with Crippen molar-refractivity contribution in [2.45, 2.75) is 14.7 Å². The highest BCUT2D eigenvalue weighted by molar-refractivity contribution is 8.18. The fraction of sp³-hybridized carbons (Fsp3) is 0.182. The van der Waals surface area contributed by atoms with Crippen molar-refractivity contribution >= 4 is 111 Å². The van der Waals surface area contributed by atoms with Crippen LogP contribution in [-0.2, 0) is 68.3 Å². The van der Waals surface area contributed by atoms with Crippen LogP contribution < -0.4 is 21.4 Å². The highest BCUT2D eigenvalue weighted by Gasteiger charge is 2.31. The summed E-state index contributed by atoms with van der Waals surface area (Å²) in [6, 6.07) is 10.8. The molecule has 370 valence electrons. The van der Waals surface area contributed by atoms with Gasteiger partial charge in [-0.1, -0.05) is 15.9 Å². The Labute approximate surface area is 386 Å². The van der Waals surface area contributed by atoms with Gasteiger partial charge in [0.05, 0.1) is 57.3 Å². The summed E-state index contributed by atoms with van der Waals surface area (Å²) in [4.78, 5) is 11.1. The quantitative estimate of drug-likeness (QED) is 0.0318. The molecule has 0 radical (unpaired) electrons. The van der Waals surface area contributed by atoms with Gasteiger partial charge in [-0.05, 0) is 60.7 Å². The molecule has 0 saturated carbocycles. The lowest BCUT2D eigenvalue weighted by Gasteiger charge is -2.42. The Morgan fingerprint density at radius 3 is 1.44 bits per heavy atom. The maximum absolute atomic E-state index is 13.4. The van der Waals surface area contributed by atoms with Crippen molar-refractivity contribution < 1.29 is 87.5 Å². The minimum absolute atomic E-state index is 0.108. The normalized spacial score (nSPS) is 13.8. The lowest BCUT2D eigenvalue weighted by molar-refractivity contribution is 0.0698. The molecule has 29 nitrogen and oxygen atoms in total. The first-order valence-corrected chi connectivity index (χ1v) is 27.7. The fourth-order valence-electron chi connectivity index (χ4n) is 5.01. The largest absolute Gasteiger partial charge is 0.478 e. The molecule has 0 spiro atoms. The Balaban J connectivity index is 1.89. The summed E-state index contributed by atoms with van der Waals surface area (Å²) in [5, 5.41) is 42.8. The molecule has 4 aromatic carbocycles. The SMILES string of the molecule is C=C(N)S(C)(=O)(CO)Oc1ccc(N=Nc2c(N)c(N=Nc3ccc(S(=O)(=O)CCOS(=O)(=O)O)cc3)c(N)c(N=Nc3ccc(S(=O)(=O)CCOS(=O)(=O)O)cc3)c2C(=O)O)c(S(=O)(=O)O)c1. The van der Waals surface area contributed by atoms with Crippen LogP contribution in [0.5, 0.6) is 5.75 Å². The highest BCUT2D eigenvalue weighted by Crippen LogP contribution is 2.49. The lowest BCUT2D eigenvalue weighted by Crippen LogP contribution is -2.45. The molecule has 0 aliphatic carbocycles. The van der Waals surface area contributed by atoms with E-state index in [4.69, 9.17) is 30.5 Å². The van der Waals surface area contributed by atoms with Crippen molar-refractivity contribution in [3.8, 4) is 5.75 Å². The zero-order chi connectivity index (χ0) is 51.3. The molecule has 35 heteroatoms. The van der Waals surface area contributed by atoms with E-state index in [0.29, 0.717) is 6.07 Å². The number of nitrogens with two attached hydrogens (primary N) is 3. The number of anilines is 2. The molecule has 0 aromatic heterocycles. The standard InChI is InChI=1S/C33H37N9O20S6/c1-19(34)68(2,59,18-43)62-22-7-12-25(26(17-22)65(50,51)52)39-41-31-27(33(44)45)30(40-37-20-3-8-23(9-4-20)63(46,47)15-13-60-66(53,54)55)28(35)32(29(31)36)42-38-21-5-10-24(11-6-21)64(48,49)16-14-61-67(56,57)58/h3-12,17,43H,1,13-16,18,34-36H2,2H3,(H,44,45)(H,50,51,52)(H,53,54,55)(H,56,57,58). The van der Waals surface area contributed by atoms with Crippen LogP contribution in [0, 0.1) is 0 Å². The maximum atomic E-state index is 13.4. The van der Waals surface area contributed by atoms with Crippen LogP contribution in [0.3, 0.4) is 0 Å². The zero-order valence-corrected chi connectivity index (χ0v) is 39.2. The second kappa shape index (κ2) is 20.1. The number of benzene rings is 4. The van der Waals surface area contributed by atoms with Gasteiger partial charge in [0.15, 0.2) is 25.4 Å². The van der Waals surface area contributed by atoms with Gasteiger partial charge in [0.25, 0.3) is 10.1 Å². The van der Waals surface area contributed by atoms with Gasteiger partial charge in [0.1, 0.15) is 44.2 Å². The molecule has 0 aliphatic rings. The number of aliphatic hydroxyl groups excluding tert-OH is 1. The van der Waals surface area contributed by atoms with E-state index < -0.39 is 152 Å². The van der Waals surface area contributed by atoms with Crippen molar-refractivity contribution in [3.63, 3.8) is 0 Å². The molecule has 0 aliphatic heterocycles. The monoisotopic (exact) mass is 1070 g/mol. The third-order valence-electron chi connectivity index (χ3n) is 8.54. The Hall–Kier alpha value is -6.25. The van der Waals surface area contributed by atoms with Crippen LogP contribution in [0.4, 0.5) is 45.5 Å². The molecular formula is C33H37N9O20S6. The van der Waals surface area contributed by atoms with Crippen LogP contribution in [0.2, 0.25) is 0 Å². The molecule has 68 heavy (non-hydrogen) atoms. The minimum Gasteiger partial charge on any atom is -0.478 e. The Morgan fingerprint density at radius 1 is 0.662 bits per heavy atom. The first kappa shape index (κ1) is 54.4. The van der Waals surface area contributed by atoms with Crippen molar-refractivity contribution in [3.05, 3.63) is 83.9 Å². The van der Waals surface area contributed by atoms with Crippen molar-refractivity contribution in [2.24, 2.45) is 36.4 Å². The van der Waals surface area contributed by atoms with E-state index in [-0.39, 0.29) is 21.2 Å². The first-order valence-electron chi connectivity index (χ1n) is 17.8. The van der Waals surface area contributed by atoms with Gasteiger partial charge < -0.3 is 31.6 Å². The number of hydrogen-bond donors (Lipinski definition) is 8. The number of sulfone groups is 2. The number of nitrogens with zero attached hydrogens (tertiary/aromatic N) is 6. The van der Waals surface area contributed by atoms with E-state index in [1.165, 1.54) is 0 Å². The number of carbonyl (C=O) groups is 1. The fourth-order valence-corrected chi connectivity index (χ4v) is 9.56. The topological polar surface area (TPSA) is 486 Å². The van der Waals surface area contributed by atoms with Gasteiger partial charge in [0.2, 0.25) is 0 Å².